The van der Waals surface area contributed by atoms with Crippen LogP contribution in [0.5, 0.6) is 5.75 Å². The molecule has 0 radical (unpaired) electrons. The van der Waals surface area contributed by atoms with Crippen LogP contribution in [0.4, 0.5) is 4.39 Å². The molecule has 0 saturated carbocycles. The van der Waals surface area contributed by atoms with E-state index in [1.807, 2.05) is 7.05 Å². The van der Waals surface area contributed by atoms with E-state index in [2.05, 4.69) is 5.32 Å². The molecular formula is C13H19FN2O2. The van der Waals surface area contributed by atoms with E-state index in [0.717, 1.165) is 0 Å². The molecule has 1 aromatic rings. The van der Waals surface area contributed by atoms with Crippen LogP contribution in [0, 0.1) is 5.82 Å². The average Bonchev–Trinajstić information content (AvgIpc) is 2.38. The van der Waals surface area contributed by atoms with E-state index in [0.29, 0.717) is 31.9 Å². The summed E-state index contributed by atoms with van der Waals surface area (Å²) in [6.07, 6.45) is 0.476. The van der Waals surface area contributed by atoms with Crippen LogP contribution < -0.4 is 10.1 Å². The number of nitrogens with zero attached hydrogens (tertiary/aromatic N) is 1. The number of hydrogen-bond donors (Lipinski definition) is 1. The van der Waals surface area contributed by atoms with Gasteiger partial charge in [0.15, 0.2) is 0 Å². The van der Waals surface area contributed by atoms with Gasteiger partial charge in [0.25, 0.3) is 0 Å². The van der Waals surface area contributed by atoms with Gasteiger partial charge in [-0.2, -0.15) is 0 Å². The summed E-state index contributed by atoms with van der Waals surface area (Å²) in [5.41, 5.74) is 0. The Hall–Kier alpha value is -1.62. The van der Waals surface area contributed by atoms with Gasteiger partial charge in [-0.15, -0.1) is 0 Å². The monoisotopic (exact) mass is 254 g/mol. The number of carbonyl (C=O) groups excluding carboxylic acids is 1. The Morgan fingerprint density at radius 2 is 2.06 bits per heavy atom. The van der Waals surface area contributed by atoms with Gasteiger partial charge in [0, 0.05) is 20.0 Å². The summed E-state index contributed by atoms with van der Waals surface area (Å²) in [7, 11) is 3.55. The number of halogens is 1. The Labute approximate surface area is 107 Å². The molecule has 1 N–H and O–H groups in total. The van der Waals surface area contributed by atoms with E-state index < -0.39 is 0 Å². The lowest BCUT2D eigenvalue weighted by Gasteiger charge is -2.17. The lowest BCUT2D eigenvalue weighted by Crippen LogP contribution is -2.32. The molecule has 0 spiro atoms. The summed E-state index contributed by atoms with van der Waals surface area (Å²) in [5.74, 6) is 0.390. The number of ether oxygens (including phenoxy) is 1. The maximum atomic E-state index is 12.6. The molecule has 0 heterocycles. The molecular weight excluding hydrogens is 235 g/mol. The first-order valence-electron chi connectivity index (χ1n) is 5.90. The van der Waals surface area contributed by atoms with Gasteiger partial charge >= 0.3 is 0 Å². The zero-order valence-electron chi connectivity index (χ0n) is 10.8. The molecule has 1 aromatic carbocycles. The van der Waals surface area contributed by atoms with Gasteiger partial charge in [0.2, 0.25) is 5.91 Å². The minimum Gasteiger partial charge on any atom is -0.492 e. The molecule has 0 atom stereocenters. The Kier molecular flexibility index (Phi) is 6.14. The maximum Gasteiger partial charge on any atom is 0.223 e. The predicted molar refractivity (Wildman–Crippen MR) is 68.1 cm³/mol. The Balaban J connectivity index is 2.24. The van der Waals surface area contributed by atoms with Crippen molar-refractivity contribution in [2.24, 2.45) is 0 Å². The Morgan fingerprint density at radius 3 is 2.67 bits per heavy atom. The molecule has 1 amide bonds. The first kappa shape index (κ1) is 14.4. The molecule has 0 aliphatic carbocycles. The first-order valence-corrected chi connectivity index (χ1v) is 5.90. The zero-order valence-corrected chi connectivity index (χ0v) is 10.8. The van der Waals surface area contributed by atoms with Crippen LogP contribution in [0.25, 0.3) is 0 Å². The van der Waals surface area contributed by atoms with Crippen LogP contribution in [-0.2, 0) is 4.79 Å². The van der Waals surface area contributed by atoms with Gasteiger partial charge in [0.05, 0.1) is 6.54 Å². The van der Waals surface area contributed by atoms with Crippen molar-refractivity contribution in [2.45, 2.75) is 6.42 Å². The second-order valence-corrected chi connectivity index (χ2v) is 3.97. The van der Waals surface area contributed by atoms with Crippen LogP contribution in [0.1, 0.15) is 6.42 Å². The summed E-state index contributed by atoms with van der Waals surface area (Å²) in [4.78, 5) is 13.2. The number of rotatable bonds is 7. The molecule has 1 rings (SSSR count). The van der Waals surface area contributed by atoms with E-state index in [-0.39, 0.29) is 11.7 Å². The SMILES string of the molecule is CNCCC(=O)N(C)CCOc1ccc(F)cc1. The van der Waals surface area contributed by atoms with Crippen LogP contribution in [0.15, 0.2) is 24.3 Å². The number of hydrogen-bond acceptors (Lipinski definition) is 3. The van der Waals surface area contributed by atoms with Crippen LogP contribution in [0.3, 0.4) is 0 Å². The van der Waals surface area contributed by atoms with Crippen molar-refractivity contribution in [3.05, 3.63) is 30.1 Å². The number of benzene rings is 1. The van der Waals surface area contributed by atoms with Crippen molar-refractivity contribution in [1.29, 1.82) is 0 Å². The van der Waals surface area contributed by atoms with E-state index in [1.165, 1.54) is 12.1 Å². The molecule has 0 unspecified atom stereocenters. The Morgan fingerprint density at radius 1 is 1.39 bits per heavy atom. The van der Waals surface area contributed by atoms with Crippen molar-refractivity contribution >= 4 is 5.91 Å². The van der Waals surface area contributed by atoms with E-state index in [9.17, 15) is 9.18 Å². The number of nitrogens with one attached hydrogen (secondary N) is 1. The van der Waals surface area contributed by atoms with Crippen molar-refractivity contribution in [2.75, 3.05) is 33.8 Å². The molecule has 0 bridgehead atoms. The largest absolute Gasteiger partial charge is 0.492 e. The zero-order chi connectivity index (χ0) is 13.4. The fraction of sp³-hybridized carbons (Fsp3) is 0.462. The molecule has 0 aromatic heterocycles. The highest BCUT2D eigenvalue weighted by atomic mass is 19.1. The fourth-order valence-electron chi connectivity index (χ4n) is 1.38. The van der Waals surface area contributed by atoms with Crippen LogP contribution in [0.2, 0.25) is 0 Å². The second kappa shape index (κ2) is 7.66. The predicted octanol–water partition coefficient (Wildman–Crippen LogP) is 1.27. The minimum absolute atomic E-state index is 0.0760. The molecule has 100 valence electrons. The fourth-order valence-corrected chi connectivity index (χ4v) is 1.38. The van der Waals surface area contributed by atoms with Gasteiger partial charge in [-0.1, -0.05) is 0 Å². The summed E-state index contributed by atoms with van der Waals surface area (Å²) in [6.45, 7) is 1.58. The highest BCUT2D eigenvalue weighted by Gasteiger charge is 2.07. The quantitative estimate of drug-likeness (QED) is 0.797. The maximum absolute atomic E-state index is 12.6. The van der Waals surface area contributed by atoms with Gasteiger partial charge in [0.1, 0.15) is 18.2 Å². The average molecular weight is 254 g/mol. The van der Waals surface area contributed by atoms with Crippen molar-refractivity contribution < 1.29 is 13.9 Å². The van der Waals surface area contributed by atoms with Gasteiger partial charge < -0.3 is 15.0 Å². The van der Waals surface area contributed by atoms with Gasteiger partial charge in [-0.05, 0) is 31.3 Å². The summed E-state index contributed by atoms with van der Waals surface area (Å²) in [5, 5.41) is 2.93. The summed E-state index contributed by atoms with van der Waals surface area (Å²) < 4.78 is 18.1. The van der Waals surface area contributed by atoms with Crippen molar-refractivity contribution in [3.63, 3.8) is 0 Å². The van der Waals surface area contributed by atoms with Crippen LogP contribution >= 0.6 is 0 Å². The highest BCUT2D eigenvalue weighted by Crippen LogP contribution is 2.10. The number of likely N-dealkylation sites (N-methyl/N-ethyl adjacent to an activating group) is 1. The standard InChI is InChI=1S/C13H19FN2O2/c1-15-8-7-13(17)16(2)9-10-18-12-5-3-11(14)4-6-12/h3-6,15H,7-10H2,1-2H3. The van der Waals surface area contributed by atoms with E-state index >= 15 is 0 Å². The third kappa shape index (κ3) is 5.14. The summed E-state index contributed by atoms with van der Waals surface area (Å²) >= 11 is 0. The van der Waals surface area contributed by atoms with E-state index in [1.54, 1.807) is 24.1 Å². The molecule has 0 fully saturated rings. The molecule has 0 aliphatic heterocycles. The summed E-state index contributed by atoms with van der Waals surface area (Å²) in [6, 6.07) is 5.82. The lowest BCUT2D eigenvalue weighted by molar-refractivity contribution is -0.130. The van der Waals surface area contributed by atoms with E-state index in [4.69, 9.17) is 4.74 Å². The molecule has 5 heteroatoms. The minimum atomic E-state index is -0.290. The topological polar surface area (TPSA) is 41.6 Å². The second-order valence-electron chi connectivity index (χ2n) is 3.97. The molecule has 0 saturated heterocycles. The smallest absolute Gasteiger partial charge is 0.223 e. The first-order chi connectivity index (χ1) is 8.63. The van der Waals surface area contributed by atoms with Crippen molar-refractivity contribution in [1.82, 2.24) is 10.2 Å². The third-order valence-electron chi connectivity index (χ3n) is 2.52. The Bertz CT molecular complexity index is 368. The normalized spacial score (nSPS) is 10.2. The third-order valence-corrected chi connectivity index (χ3v) is 2.52. The van der Waals surface area contributed by atoms with Gasteiger partial charge in [-0.3, -0.25) is 4.79 Å². The van der Waals surface area contributed by atoms with Crippen molar-refractivity contribution in [3.8, 4) is 5.75 Å². The molecule has 0 aliphatic rings. The lowest BCUT2D eigenvalue weighted by atomic mass is 10.3. The van der Waals surface area contributed by atoms with Gasteiger partial charge in [-0.25, -0.2) is 4.39 Å². The number of carbonyl (C=O) groups is 1. The molecule has 4 nitrogen and oxygen atoms in total. The number of amides is 1. The van der Waals surface area contributed by atoms with Crippen LogP contribution in [-0.4, -0.2) is 44.6 Å². The highest BCUT2D eigenvalue weighted by molar-refractivity contribution is 5.76. The molecule has 18 heavy (non-hydrogen) atoms.